The Morgan fingerprint density at radius 3 is 2.63 bits per heavy atom. The lowest BCUT2D eigenvalue weighted by Gasteiger charge is -2.20. The number of rotatable bonds is 6. The summed E-state index contributed by atoms with van der Waals surface area (Å²) < 4.78 is 21.7. The van der Waals surface area contributed by atoms with E-state index in [4.69, 9.17) is 18.9 Å². The highest BCUT2D eigenvalue weighted by Crippen LogP contribution is 2.40. The normalized spacial score (nSPS) is 13.6. The molecule has 0 bridgehead atoms. The minimum Gasteiger partial charge on any atom is -0.493 e. The van der Waals surface area contributed by atoms with E-state index in [0.717, 1.165) is 11.1 Å². The van der Waals surface area contributed by atoms with Crippen LogP contribution in [0.15, 0.2) is 36.4 Å². The van der Waals surface area contributed by atoms with Crippen molar-refractivity contribution in [2.24, 2.45) is 0 Å². The molecule has 7 heteroatoms. The van der Waals surface area contributed by atoms with Gasteiger partial charge in [-0.2, -0.15) is 0 Å². The molecule has 0 saturated heterocycles. The molecule has 1 heterocycles. The smallest absolute Gasteiger partial charge is 0.331 e. The molecule has 0 aliphatic carbocycles. The summed E-state index contributed by atoms with van der Waals surface area (Å²) in [7, 11) is 1.53. The second-order valence-electron chi connectivity index (χ2n) is 6.97. The number of anilines is 1. The Morgan fingerprint density at radius 1 is 1.13 bits per heavy atom. The van der Waals surface area contributed by atoms with Gasteiger partial charge < -0.3 is 24.3 Å². The van der Waals surface area contributed by atoms with E-state index in [2.05, 4.69) is 5.32 Å². The molecular formula is C23H25NO6. The Bertz CT molecular complexity index is 965. The first-order chi connectivity index (χ1) is 14.4. The second-order valence-corrected chi connectivity index (χ2v) is 6.97. The van der Waals surface area contributed by atoms with Crippen LogP contribution in [0, 0.1) is 13.8 Å². The van der Waals surface area contributed by atoms with Crippen LogP contribution in [-0.2, 0) is 14.3 Å². The third-order valence-electron chi connectivity index (χ3n) is 4.56. The molecule has 0 radical (unpaired) electrons. The van der Waals surface area contributed by atoms with Crippen LogP contribution >= 0.6 is 0 Å². The molecule has 2 aromatic carbocycles. The van der Waals surface area contributed by atoms with E-state index >= 15 is 0 Å². The largest absolute Gasteiger partial charge is 0.493 e. The number of hydrogen-bond donors (Lipinski definition) is 1. The Kier molecular flexibility index (Phi) is 6.61. The number of carbonyl (C=O) groups excluding carboxylic acids is 2. The fourth-order valence-electron chi connectivity index (χ4n) is 3.01. The van der Waals surface area contributed by atoms with Crippen molar-refractivity contribution in [1.29, 1.82) is 0 Å². The van der Waals surface area contributed by atoms with Crippen LogP contribution in [0.5, 0.6) is 17.2 Å². The van der Waals surface area contributed by atoms with E-state index in [9.17, 15) is 9.59 Å². The molecule has 2 aromatic rings. The van der Waals surface area contributed by atoms with Crippen LogP contribution in [0.3, 0.4) is 0 Å². The van der Waals surface area contributed by atoms with Crippen LogP contribution in [0.25, 0.3) is 6.08 Å². The molecule has 3 rings (SSSR count). The molecule has 30 heavy (non-hydrogen) atoms. The maximum atomic E-state index is 12.3. The summed E-state index contributed by atoms with van der Waals surface area (Å²) in [4.78, 5) is 24.5. The lowest BCUT2D eigenvalue weighted by Crippen LogP contribution is -2.29. The number of benzene rings is 2. The van der Waals surface area contributed by atoms with Gasteiger partial charge in [-0.15, -0.1) is 0 Å². The first-order valence-corrected chi connectivity index (χ1v) is 9.62. The number of fused-ring (bicyclic) bond motifs is 1. The minimum absolute atomic E-state index is 0.398. The Balaban J connectivity index is 1.62. The van der Waals surface area contributed by atoms with Crippen LogP contribution in [0.4, 0.5) is 5.69 Å². The average Bonchev–Trinajstić information content (AvgIpc) is 2.73. The van der Waals surface area contributed by atoms with Gasteiger partial charge in [0, 0.05) is 11.8 Å². The van der Waals surface area contributed by atoms with Crippen molar-refractivity contribution in [3.05, 3.63) is 53.1 Å². The zero-order chi connectivity index (χ0) is 21.7. The van der Waals surface area contributed by atoms with Gasteiger partial charge in [-0.05, 0) is 56.2 Å². The molecule has 1 N–H and O–H groups in total. The highest BCUT2D eigenvalue weighted by molar-refractivity contribution is 5.97. The molecule has 0 aromatic heterocycles. The molecule has 1 aliphatic rings. The van der Waals surface area contributed by atoms with Crippen molar-refractivity contribution in [3.63, 3.8) is 0 Å². The van der Waals surface area contributed by atoms with E-state index in [0.29, 0.717) is 41.7 Å². The van der Waals surface area contributed by atoms with E-state index in [1.54, 1.807) is 18.2 Å². The summed E-state index contributed by atoms with van der Waals surface area (Å²) in [6.07, 6.45) is 1.88. The van der Waals surface area contributed by atoms with Crippen molar-refractivity contribution < 1.29 is 28.5 Å². The highest BCUT2D eigenvalue weighted by Gasteiger charge is 2.19. The zero-order valence-corrected chi connectivity index (χ0v) is 17.5. The van der Waals surface area contributed by atoms with Gasteiger partial charge in [-0.3, -0.25) is 4.79 Å². The van der Waals surface area contributed by atoms with E-state index < -0.39 is 18.0 Å². The Labute approximate surface area is 175 Å². The van der Waals surface area contributed by atoms with Crippen LogP contribution in [-0.4, -0.2) is 38.3 Å². The highest BCUT2D eigenvalue weighted by atomic mass is 16.6. The molecule has 0 unspecified atom stereocenters. The lowest BCUT2D eigenvalue weighted by molar-refractivity contribution is -0.148. The molecule has 0 saturated carbocycles. The third kappa shape index (κ3) is 5.11. The topological polar surface area (TPSA) is 83.1 Å². The van der Waals surface area contributed by atoms with E-state index in [-0.39, 0.29) is 0 Å². The number of esters is 1. The number of hydrogen-bond acceptors (Lipinski definition) is 6. The number of amides is 1. The SMILES string of the molecule is COc1cc(/C=C/C(=O)O[C@@H](C)C(=O)Nc2ccc(C)cc2C)cc2c1OCCO2. The van der Waals surface area contributed by atoms with Gasteiger partial charge in [-0.1, -0.05) is 17.7 Å². The van der Waals surface area contributed by atoms with Crippen molar-refractivity contribution in [3.8, 4) is 17.2 Å². The van der Waals surface area contributed by atoms with Gasteiger partial charge in [0.25, 0.3) is 5.91 Å². The number of aryl methyl sites for hydroxylation is 2. The molecule has 0 spiro atoms. The summed E-state index contributed by atoms with van der Waals surface area (Å²) in [6.45, 7) is 6.30. The molecular weight excluding hydrogens is 386 g/mol. The predicted octanol–water partition coefficient (Wildman–Crippen LogP) is 3.67. The molecule has 0 fully saturated rings. The second kappa shape index (κ2) is 9.35. The van der Waals surface area contributed by atoms with Gasteiger partial charge in [0.05, 0.1) is 7.11 Å². The van der Waals surface area contributed by atoms with Crippen molar-refractivity contribution >= 4 is 23.6 Å². The first kappa shape index (κ1) is 21.2. The zero-order valence-electron chi connectivity index (χ0n) is 17.5. The Morgan fingerprint density at radius 2 is 1.90 bits per heavy atom. The predicted molar refractivity (Wildman–Crippen MR) is 113 cm³/mol. The summed E-state index contributed by atoms with van der Waals surface area (Å²) in [5.41, 5.74) is 3.41. The maximum Gasteiger partial charge on any atom is 0.331 e. The van der Waals surface area contributed by atoms with Gasteiger partial charge in [0.15, 0.2) is 17.6 Å². The standard InChI is InChI=1S/C23H25NO6/c1-14-5-7-18(15(2)11-14)24-23(26)16(3)30-21(25)8-6-17-12-19(27-4)22-20(13-17)28-9-10-29-22/h5-8,11-13,16H,9-10H2,1-4H3,(H,24,26)/b8-6+/t16-/m0/s1. The van der Waals surface area contributed by atoms with Crippen LogP contribution < -0.4 is 19.5 Å². The molecule has 1 aliphatic heterocycles. The molecule has 7 nitrogen and oxygen atoms in total. The third-order valence-corrected chi connectivity index (χ3v) is 4.56. The van der Waals surface area contributed by atoms with Gasteiger partial charge in [-0.25, -0.2) is 4.79 Å². The average molecular weight is 411 g/mol. The first-order valence-electron chi connectivity index (χ1n) is 9.62. The summed E-state index contributed by atoms with van der Waals surface area (Å²) in [5, 5.41) is 2.78. The van der Waals surface area contributed by atoms with Crippen molar-refractivity contribution in [2.45, 2.75) is 26.9 Å². The van der Waals surface area contributed by atoms with Crippen molar-refractivity contribution in [1.82, 2.24) is 0 Å². The Hall–Kier alpha value is -3.48. The van der Waals surface area contributed by atoms with Gasteiger partial charge in [0.2, 0.25) is 5.75 Å². The number of nitrogens with one attached hydrogen (secondary N) is 1. The summed E-state index contributed by atoms with van der Waals surface area (Å²) >= 11 is 0. The van der Waals surface area contributed by atoms with E-state index in [1.165, 1.54) is 20.1 Å². The number of ether oxygens (including phenoxy) is 4. The summed E-state index contributed by atoms with van der Waals surface area (Å²) in [6, 6.07) is 9.18. The van der Waals surface area contributed by atoms with Crippen molar-refractivity contribution in [2.75, 3.05) is 25.6 Å². The number of methoxy groups -OCH3 is 1. The molecule has 1 amide bonds. The monoisotopic (exact) mass is 411 g/mol. The van der Waals surface area contributed by atoms with Crippen LogP contribution in [0.1, 0.15) is 23.6 Å². The maximum absolute atomic E-state index is 12.3. The van der Waals surface area contributed by atoms with Gasteiger partial charge >= 0.3 is 5.97 Å². The molecule has 1 atom stereocenters. The lowest BCUT2D eigenvalue weighted by atomic mass is 10.1. The number of carbonyl (C=O) groups is 2. The van der Waals surface area contributed by atoms with Gasteiger partial charge in [0.1, 0.15) is 13.2 Å². The fourth-order valence-corrected chi connectivity index (χ4v) is 3.01. The molecule has 158 valence electrons. The van der Waals surface area contributed by atoms with E-state index in [1.807, 2.05) is 32.0 Å². The van der Waals surface area contributed by atoms with Crippen LogP contribution in [0.2, 0.25) is 0 Å². The fraction of sp³-hybridized carbons (Fsp3) is 0.304. The quantitative estimate of drug-likeness (QED) is 0.577. The summed E-state index contributed by atoms with van der Waals surface area (Å²) in [5.74, 6) is 0.577. The minimum atomic E-state index is -0.947.